The van der Waals surface area contributed by atoms with Crippen LogP contribution in [0.25, 0.3) is 10.9 Å². The van der Waals surface area contributed by atoms with Crippen molar-refractivity contribution in [2.45, 2.75) is 13.5 Å². The van der Waals surface area contributed by atoms with Gasteiger partial charge < -0.3 is 4.74 Å². The van der Waals surface area contributed by atoms with Gasteiger partial charge in [-0.1, -0.05) is 23.7 Å². The van der Waals surface area contributed by atoms with E-state index in [1.165, 1.54) is 12.1 Å². The Labute approximate surface area is 127 Å². The maximum atomic E-state index is 12.9. The molecule has 0 aliphatic carbocycles. The maximum Gasteiger partial charge on any atom is 0.131 e. The Balaban J connectivity index is 1.92. The molecule has 4 heteroatoms. The molecule has 0 aliphatic rings. The number of benzene rings is 2. The first-order valence-electron chi connectivity index (χ1n) is 6.55. The van der Waals surface area contributed by atoms with Crippen LogP contribution in [-0.4, -0.2) is 4.98 Å². The molecule has 0 atom stereocenters. The second-order valence-electron chi connectivity index (χ2n) is 4.84. The van der Waals surface area contributed by atoms with Gasteiger partial charge in [-0.3, -0.25) is 4.98 Å². The fourth-order valence-corrected chi connectivity index (χ4v) is 2.55. The van der Waals surface area contributed by atoms with Crippen LogP contribution in [0.2, 0.25) is 5.02 Å². The molecule has 106 valence electrons. The molecule has 0 unspecified atom stereocenters. The molecular formula is C17H13ClFNO. The van der Waals surface area contributed by atoms with Gasteiger partial charge in [0.1, 0.15) is 18.2 Å². The van der Waals surface area contributed by atoms with E-state index in [0.717, 1.165) is 27.8 Å². The van der Waals surface area contributed by atoms with Crippen molar-refractivity contribution in [2.24, 2.45) is 0 Å². The summed E-state index contributed by atoms with van der Waals surface area (Å²) in [6, 6.07) is 11.8. The Morgan fingerprint density at radius 2 is 1.90 bits per heavy atom. The zero-order valence-corrected chi connectivity index (χ0v) is 12.2. The van der Waals surface area contributed by atoms with Crippen LogP contribution in [0.5, 0.6) is 5.75 Å². The third-order valence-corrected chi connectivity index (χ3v) is 3.49. The Morgan fingerprint density at radius 1 is 1.14 bits per heavy atom. The molecule has 0 saturated carbocycles. The van der Waals surface area contributed by atoms with Crippen molar-refractivity contribution in [3.05, 3.63) is 70.6 Å². The third-order valence-electron chi connectivity index (χ3n) is 3.27. The van der Waals surface area contributed by atoms with E-state index in [4.69, 9.17) is 16.3 Å². The lowest BCUT2D eigenvalue weighted by Gasteiger charge is -2.11. The molecule has 1 aromatic heterocycles. The summed E-state index contributed by atoms with van der Waals surface area (Å²) < 4.78 is 18.7. The summed E-state index contributed by atoms with van der Waals surface area (Å²) in [6.45, 7) is 2.35. The van der Waals surface area contributed by atoms with Crippen molar-refractivity contribution in [3.8, 4) is 5.75 Å². The topological polar surface area (TPSA) is 22.1 Å². The van der Waals surface area contributed by atoms with Gasteiger partial charge in [0.2, 0.25) is 0 Å². The van der Waals surface area contributed by atoms with Gasteiger partial charge in [0.25, 0.3) is 0 Å². The minimum absolute atomic E-state index is 0.251. The Hall–Kier alpha value is -2.13. The molecule has 0 fully saturated rings. The van der Waals surface area contributed by atoms with Gasteiger partial charge in [-0.15, -0.1) is 0 Å². The van der Waals surface area contributed by atoms with Crippen LogP contribution in [0.3, 0.4) is 0 Å². The Bertz CT molecular complexity index is 787. The molecule has 0 saturated heterocycles. The summed E-state index contributed by atoms with van der Waals surface area (Å²) in [5.41, 5.74) is 2.73. The first kappa shape index (κ1) is 13.8. The van der Waals surface area contributed by atoms with E-state index >= 15 is 0 Å². The van der Waals surface area contributed by atoms with Crippen molar-refractivity contribution in [3.63, 3.8) is 0 Å². The molecule has 1 heterocycles. The van der Waals surface area contributed by atoms with Crippen molar-refractivity contribution >= 4 is 22.5 Å². The number of hydrogen-bond acceptors (Lipinski definition) is 2. The van der Waals surface area contributed by atoms with Crippen LogP contribution in [-0.2, 0) is 6.61 Å². The molecule has 0 N–H and O–H groups in total. The Kier molecular flexibility index (Phi) is 3.76. The fraction of sp³-hybridized carbons (Fsp3) is 0.118. The summed E-state index contributed by atoms with van der Waals surface area (Å²) in [4.78, 5) is 4.32. The lowest BCUT2D eigenvalue weighted by atomic mass is 10.1. The summed E-state index contributed by atoms with van der Waals surface area (Å²) in [5, 5.41) is 1.60. The minimum Gasteiger partial charge on any atom is -0.488 e. The highest BCUT2D eigenvalue weighted by Gasteiger charge is 2.08. The van der Waals surface area contributed by atoms with Gasteiger partial charge in [-0.25, -0.2) is 4.39 Å². The number of aryl methyl sites for hydroxylation is 1. The van der Waals surface area contributed by atoms with Gasteiger partial charge in [-0.05, 0) is 48.4 Å². The summed E-state index contributed by atoms with van der Waals surface area (Å²) in [7, 11) is 0. The predicted molar refractivity (Wildman–Crippen MR) is 82.2 cm³/mol. The normalized spacial score (nSPS) is 10.8. The number of ether oxygens (including phenoxy) is 1. The van der Waals surface area contributed by atoms with E-state index in [9.17, 15) is 4.39 Å². The lowest BCUT2D eigenvalue weighted by molar-refractivity contribution is 0.309. The first-order valence-corrected chi connectivity index (χ1v) is 6.93. The number of rotatable bonds is 3. The summed E-state index contributed by atoms with van der Waals surface area (Å²) >= 11 is 6.05. The van der Waals surface area contributed by atoms with Crippen LogP contribution in [0.1, 0.15) is 11.1 Å². The van der Waals surface area contributed by atoms with Crippen LogP contribution in [0.15, 0.2) is 48.7 Å². The summed E-state index contributed by atoms with van der Waals surface area (Å²) in [6.07, 6.45) is 1.69. The molecule has 0 bridgehead atoms. The number of halogens is 2. The van der Waals surface area contributed by atoms with Gasteiger partial charge in [0.05, 0.1) is 5.52 Å². The van der Waals surface area contributed by atoms with Crippen LogP contribution < -0.4 is 4.74 Å². The van der Waals surface area contributed by atoms with Crippen LogP contribution >= 0.6 is 11.6 Å². The van der Waals surface area contributed by atoms with E-state index < -0.39 is 0 Å². The fourth-order valence-electron chi connectivity index (χ4n) is 2.28. The molecule has 0 aliphatic heterocycles. The number of pyridine rings is 1. The van der Waals surface area contributed by atoms with Gasteiger partial charge in [0.15, 0.2) is 0 Å². The SMILES string of the molecule is Cc1cc(Cl)cc2nccc(OCc3ccc(F)cc3)c12. The molecule has 3 rings (SSSR count). The maximum absolute atomic E-state index is 12.9. The number of aromatic nitrogens is 1. The third kappa shape index (κ3) is 2.98. The van der Waals surface area contributed by atoms with E-state index in [0.29, 0.717) is 11.6 Å². The van der Waals surface area contributed by atoms with Crippen molar-refractivity contribution < 1.29 is 9.13 Å². The van der Waals surface area contributed by atoms with Crippen molar-refractivity contribution in [1.29, 1.82) is 0 Å². The Morgan fingerprint density at radius 3 is 2.67 bits per heavy atom. The smallest absolute Gasteiger partial charge is 0.131 e. The monoisotopic (exact) mass is 301 g/mol. The number of nitrogens with zero attached hydrogens (tertiary/aromatic N) is 1. The lowest BCUT2D eigenvalue weighted by Crippen LogP contribution is -1.97. The average Bonchev–Trinajstić information content (AvgIpc) is 2.46. The van der Waals surface area contributed by atoms with Gasteiger partial charge >= 0.3 is 0 Å². The highest BCUT2D eigenvalue weighted by molar-refractivity contribution is 6.31. The van der Waals surface area contributed by atoms with Gasteiger partial charge in [0, 0.05) is 16.6 Å². The van der Waals surface area contributed by atoms with Gasteiger partial charge in [-0.2, -0.15) is 0 Å². The quantitative estimate of drug-likeness (QED) is 0.685. The van der Waals surface area contributed by atoms with E-state index in [2.05, 4.69) is 4.98 Å². The van der Waals surface area contributed by atoms with E-state index in [1.54, 1.807) is 18.3 Å². The molecule has 3 aromatic rings. The second-order valence-corrected chi connectivity index (χ2v) is 5.28. The minimum atomic E-state index is -0.251. The standard InChI is InChI=1S/C17H13ClFNO/c1-11-8-13(18)9-15-17(11)16(6-7-20-15)21-10-12-2-4-14(19)5-3-12/h2-9H,10H2,1H3. The van der Waals surface area contributed by atoms with Crippen LogP contribution in [0, 0.1) is 12.7 Å². The highest BCUT2D eigenvalue weighted by Crippen LogP contribution is 2.30. The molecule has 0 radical (unpaired) electrons. The molecule has 2 aromatic carbocycles. The molecule has 21 heavy (non-hydrogen) atoms. The highest BCUT2D eigenvalue weighted by atomic mass is 35.5. The number of fused-ring (bicyclic) bond motifs is 1. The first-order chi connectivity index (χ1) is 10.1. The number of hydrogen-bond donors (Lipinski definition) is 0. The molecule has 2 nitrogen and oxygen atoms in total. The van der Waals surface area contributed by atoms with E-state index in [1.807, 2.05) is 25.1 Å². The molecule has 0 amide bonds. The average molecular weight is 302 g/mol. The molecule has 0 spiro atoms. The largest absolute Gasteiger partial charge is 0.488 e. The van der Waals surface area contributed by atoms with Crippen LogP contribution in [0.4, 0.5) is 4.39 Å². The van der Waals surface area contributed by atoms with Crippen molar-refractivity contribution in [2.75, 3.05) is 0 Å². The van der Waals surface area contributed by atoms with Crippen molar-refractivity contribution in [1.82, 2.24) is 4.98 Å². The second kappa shape index (κ2) is 5.70. The summed E-state index contributed by atoms with van der Waals surface area (Å²) in [5.74, 6) is 0.497. The van der Waals surface area contributed by atoms with E-state index in [-0.39, 0.29) is 5.82 Å². The predicted octanol–water partition coefficient (Wildman–Crippen LogP) is 4.91. The molecular weight excluding hydrogens is 289 g/mol. The zero-order valence-electron chi connectivity index (χ0n) is 11.4. The zero-order chi connectivity index (χ0) is 14.8.